The Labute approximate surface area is 221 Å². The molecule has 1 atom stereocenters. The summed E-state index contributed by atoms with van der Waals surface area (Å²) in [7, 11) is 0. The molecule has 38 heavy (non-hydrogen) atoms. The van der Waals surface area contributed by atoms with E-state index in [9.17, 15) is 14.4 Å². The van der Waals surface area contributed by atoms with Crippen LogP contribution in [-0.4, -0.2) is 59.5 Å². The third kappa shape index (κ3) is 5.13. The molecule has 4 aromatic rings. The van der Waals surface area contributed by atoms with E-state index in [0.29, 0.717) is 33.9 Å². The summed E-state index contributed by atoms with van der Waals surface area (Å²) in [5.41, 5.74) is 3.09. The van der Waals surface area contributed by atoms with Gasteiger partial charge in [-0.25, -0.2) is 4.79 Å². The number of aromatic carboxylic acids is 1. The van der Waals surface area contributed by atoms with Gasteiger partial charge in [-0.2, -0.15) is 4.68 Å². The van der Waals surface area contributed by atoms with Crippen molar-refractivity contribution in [1.82, 2.24) is 30.1 Å². The first-order valence-electron chi connectivity index (χ1n) is 11.5. The highest BCUT2D eigenvalue weighted by molar-refractivity contribution is 6.30. The van der Waals surface area contributed by atoms with Gasteiger partial charge in [-0.15, -0.1) is 5.10 Å². The number of nitrogens with zero attached hydrogens (tertiary/aromatic N) is 6. The van der Waals surface area contributed by atoms with Crippen LogP contribution in [0, 0.1) is 0 Å². The molecule has 0 bridgehead atoms. The zero-order chi connectivity index (χ0) is 26.6. The van der Waals surface area contributed by atoms with Crippen LogP contribution in [0.15, 0.2) is 73.2 Å². The maximum absolute atomic E-state index is 13.5. The number of tetrazole rings is 1. The molecule has 0 radical (unpaired) electrons. The third-order valence-corrected chi connectivity index (χ3v) is 6.28. The number of hydrogen-bond acceptors (Lipinski definition) is 7. The zero-order valence-electron chi connectivity index (χ0n) is 19.7. The van der Waals surface area contributed by atoms with Crippen LogP contribution in [0.5, 0.6) is 0 Å². The number of fused-ring (bicyclic) bond motifs is 1. The van der Waals surface area contributed by atoms with E-state index in [1.54, 1.807) is 42.6 Å². The van der Waals surface area contributed by atoms with Crippen LogP contribution in [0.25, 0.3) is 11.8 Å². The summed E-state index contributed by atoms with van der Waals surface area (Å²) in [6, 6.07) is 13.4. The fraction of sp³-hybridized carbons (Fsp3) is 0.115. The summed E-state index contributed by atoms with van der Waals surface area (Å²) in [5.74, 6) is -1.90. The van der Waals surface area contributed by atoms with Crippen molar-refractivity contribution < 1.29 is 19.5 Å². The molecular formula is C26H20ClN7O4. The van der Waals surface area contributed by atoms with Gasteiger partial charge in [0.15, 0.2) is 0 Å². The second-order valence-electron chi connectivity index (χ2n) is 8.39. The minimum Gasteiger partial charge on any atom is -0.478 e. The highest BCUT2D eigenvalue weighted by Gasteiger charge is 2.35. The topological polar surface area (TPSA) is 143 Å². The van der Waals surface area contributed by atoms with Crippen LogP contribution in [0.4, 0.5) is 5.69 Å². The van der Waals surface area contributed by atoms with Gasteiger partial charge in [-0.05, 0) is 65.0 Å². The van der Waals surface area contributed by atoms with E-state index in [1.807, 2.05) is 0 Å². The molecule has 0 saturated heterocycles. The molecule has 0 fully saturated rings. The number of amides is 2. The maximum Gasteiger partial charge on any atom is 0.335 e. The Morgan fingerprint density at radius 1 is 1.11 bits per heavy atom. The number of aromatic nitrogens is 5. The Bertz CT molecular complexity index is 1540. The van der Waals surface area contributed by atoms with E-state index >= 15 is 0 Å². The molecule has 5 rings (SSSR count). The van der Waals surface area contributed by atoms with Crippen LogP contribution in [-0.2, 0) is 16.0 Å². The fourth-order valence-electron chi connectivity index (χ4n) is 4.25. The number of rotatable bonds is 6. The molecule has 0 saturated carbocycles. The Balaban J connectivity index is 1.43. The summed E-state index contributed by atoms with van der Waals surface area (Å²) >= 11 is 6.18. The van der Waals surface area contributed by atoms with Crippen LogP contribution >= 0.6 is 11.6 Å². The van der Waals surface area contributed by atoms with Crippen molar-refractivity contribution in [3.8, 4) is 5.69 Å². The molecule has 2 aromatic heterocycles. The average molecular weight is 530 g/mol. The van der Waals surface area contributed by atoms with Crippen molar-refractivity contribution in [2.24, 2.45) is 0 Å². The van der Waals surface area contributed by atoms with Gasteiger partial charge in [-0.1, -0.05) is 17.7 Å². The molecule has 2 N–H and O–H groups in total. The van der Waals surface area contributed by atoms with Crippen molar-refractivity contribution in [2.45, 2.75) is 12.5 Å². The standard InChI is InChI=1S/C26H20ClN7O4/c27-18-6-9-22(34-15-29-31-32-34)17(14-18)5-10-23(35)33-13-11-21-20(2-1-12-28-21)24(33)25(36)30-19-7-3-16(4-8-19)26(37)38/h1-10,12,14-15,24H,11,13H2,(H,30,36)(H,37,38). The van der Waals surface area contributed by atoms with Crippen molar-refractivity contribution in [3.63, 3.8) is 0 Å². The van der Waals surface area contributed by atoms with Crippen LogP contribution < -0.4 is 5.32 Å². The second kappa shape index (κ2) is 10.6. The number of halogens is 1. The first-order chi connectivity index (χ1) is 18.4. The maximum atomic E-state index is 13.5. The van der Waals surface area contributed by atoms with Crippen molar-refractivity contribution in [2.75, 3.05) is 11.9 Å². The highest BCUT2D eigenvalue weighted by atomic mass is 35.5. The minimum atomic E-state index is -1.07. The summed E-state index contributed by atoms with van der Waals surface area (Å²) in [4.78, 5) is 43.9. The highest BCUT2D eigenvalue weighted by Crippen LogP contribution is 2.30. The second-order valence-corrected chi connectivity index (χ2v) is 8.82. The largest absolute Gasteiger partial charge is 0.478 e. The molecule has 1 aliphatic rings. The number of benzene rings is 2. The van der Waals surface area contributed by atoms with Gasteiger partial charge in [0.2, 0.25) is 5.91 Å². The van der Waals surface area contributed by atoms with E-state index in [1.165, 1.54) is 46.3 Å². The SMILES string of the molecule is O=C(O)c1ccc(NC(=O)C2c3cccnc3CCN2C(=O)C=Cc2cc(Cl)ccc2-n2cnnn2)cc1. The smallest absolute Gasteiger partial charge is 0.335 e. The molecule has 0 aliphatic carbocycles. The number of hydrogen-bond donors (Lipinski definition) is 2. The van der Waals surface area contributed by atoms with E-state index in [2.05, 4.69) is 25.8 Å². The Hall–Kier alpha value is -4.90. The van der Waals surface area contributed by atoms with E-state index in [4.69, 9.17) is 16.7 Å². The summed E-state index contributed by atoms with van der Waals surface area (Å²) in [6.45, 7) is 0.276. The van der Waals surface area contributed by atoms with Crippen LogP contribution in [0.2, 0.25) is 5.02 Å². The first-order valence-corrected chi connectivity index (χ1v) is 11.9. The molecular weight excluding hydrogens is 510 g/mol. The number of carbonyl (C=O) groups excluding carboxylic acids is 2. The molecule has 3 heterocycles. The summed E-state index contributed by atoms with van der Waals surface area (Å²) in [6.07, 6.45) is 6.54. The normalized spacial score (nSPS) is 14.8. The van der Waals surface area contributed by atoms with Crippen LogP contribution in [0.1, 0.15) is 33.2 Å². The zero-order valence-corrected chi connectivity index (χ0v) is 20.5. The molecule has 1 aliphatic heterocycles. The van der Waals surface area contributed by atoms with Gasteiger partial charge >= 0.3 is 5.97 Å². The molecule has 2 amide bonds. The fourth-order valence-corrected chi connectivity index (χ4v) is 4.44. The van der Waals surface area contributed by atoms with Crippen LogP contribution in [0.3, 0.4) is 0 Å². The van der Waals surface area contributed by atoms with E-state index in [-0.39, 0.29) is 18.0 Å². The van der Waals surface area contributed by atoms with Gasteiger partial charge in [0.05, 0.1) is 11.3 Å². The number of carbonyl (C=O) groups is 3. The first kappa shape index (κ1) is 24.8. The number of nitrogens with one attached hydrogen (secondary N) is 1. The summed E-state index contributed by atoms with van der Waals surface area (Å²) in [5, 5.41) is 23.6. The van der Waals surface area contributed by atoms with Crippen molar-refractivity contribution >= 4 is 41.1 Å². The lowest BCUT2D eigenvalue weighted by Crippen LogP contribution is -2.45. The lowest BCUT2D eigenvalue weighted by molar-refractivity contribution is -0.135. The average Bonchev–Trinajstić information content (AvgIpc) is 3.46. The Kier molecular flexibility index (Phi) is 6.92. The number of anilines is 1. The minimum absolute atomic E-state index is 0.0965. The Morgan fingerprint density at radius 2 is 1.92 bits per heavy atom. The van der Waals surface area contributed by atoms with Gasteiger partial charge < -0.3 is 15.3 Å². The molecule has 12 heteroatoms. The monoisotopic (exact) mass is 529 g/mol. The predicted octanol–water partition coefficient (Wildman–Crippen LogP) is 3.19. The van der Waals surface area contributed by atoms with Crippen molar-refractivity contribution in [1.29, 1.82) is 0 Å². The number of pyridine rings is 1. The molecule has 190 valence electrons. The van der Waals surface area contributed by atoms with Gasteiger partial charge in [0, 0.05) is 52.8 Å². The van der Waals surface area contributed by atoms with Gasteiger partial charge in [0.25, 0.3) is 5.91 Å². The van der Waals surface area contributed by atoms with Gasteiger partial charge in [0.1, 0.15) is 12.4 Å². The van der Waals surface area contributed by atoms with Crippen molar-refractivity contribution in [3.05, 3.63) is 101 Å². The number of carboxylic acid groups (broad SMARTS) is 1. The lowest BCUT2D eigenvalue weighted by Gasteiger charge is -2.35. The molecule has 0 spiro atoms. The van der Waals surface area contributed by atoms with E-state index < -0.39 is 17.9 Å². The molecule has 2 aromatic carbocycles. The molecule has 1 unspecified atom stereocenters. The Morgan fingerprint density at radius 3 is 2.66 bits per heavy atom. The third-order valence-electron chi connectivity index (χ3n) is 6.04. The quantitative estimate of drug-likeness (QED) is 0.362. The number of carboxylic acids is 1. The molecule has 11 nitrogen and oxygen atoms in total. The van der Waals surface area contributed by atoms with E-state index in [0.717, 1.165) is 5.69 Å². The lowest BCUT2D eigenvalue weighted by atomic mass is 9.95. The predicted molar refractivity (Wildman–Crippen MR) is 138 cm³/mol. The summed E-state index contributed by atoms with van der Waals surface area (Å²) < 4.78 is 1.45. The van der Waals surface area contributed by atoms with Gasteiger partial charge in [-0.3, -0.25) is 14.6 Å².